The SMILES string of the molecule is CC1CCC(CO)(NCc2ccc(C(F)F)cc2)CC1. The van der Waals surface area contributed by atoms with Crippen molar-refractivity contribution in [2.45, 2.75) is 51.1 Å². The molecule has 1 aliphatic rings. The van der Waals surface area contributed by atoms with Crippen LogP contribution in [0.3, 0.4) is 0 Å². The third-order valence-corrected chi connectivity index (χ3v) is 4.43. The van der Waals surface area contributed by atoms with Gasteiger partial charge in [-0.2, -0.15) is 0 Å². The van der Waals surface area contributed by atoms with E-state index < -0.39 is 6.43 Å². The number of alkyl halides is 2. The second-order valence-corrected chi connectivity index (χ2v) is 6.02. The van der Waals surface area contributed by atoms with Gasteiger partial charge in [0, 0.05) is 17.6 Å². The van der Waals surface area contributed by atoms with E-state index in [1.807, 2.05) is 0 Å². The van der Waals surface area contributed by atoms with E-state index in [0.29, 0.717) is 6.54 Å². The number of halogens is 2. The van der Waals surface area contributed by atoms with E-state index in [1.54, 1.807) is 12.1 Å². The Morgan fingerprint density at radius 1 is 1.25 bits per heavy atom. The van der Waals surface area contributed by atoms with Crippen molar-refractivity contribution in [1.82, 2.24) is 5.32 Å². The van der Waals surface area contributed by atoms with Gasteiger partial charge in [0.1, 0.15) is 0 Å². The summed E-state index contributed by atoms with van der Waals surface area (Å²) >= 11 is 0. The highest BCUT2D eigenvalue weighted by Gasteiger charge is 2.32. The molecule has 0 amide bonds. The Bertz CT molecular complexity index is 411. The number of aliphatic hydroxyl groups excluding tert-OH is 1. The summed E-state index contributed by atoms with van der Waals surface area (Å²) in [5.74, 6) is 0.724. The quantitative estimate of drug-likeness (QED) is 0.864. The van der Waals surface area contributed by atoms with Gasteiger partial charge in [0.25, 0.3) is 6.43 Å². The van der Waals surface area contributed by atoms with Gasteiger partial charge < -0.3 is 10.4 Å². The molecule has 1 aliphatic carbocycles. The standard InChI is InChI=1S/C16H23F2NO/c1-12-6-8-16(11-20,9-7-12)19-10-13-2-4-14(5-3-13)15(17)18/h2-5,12,15,19-20H,6-11H2,1H3. The first-order chi connectivity index (χ1) is 9.54. The number of benzene rings is 1. The van der Waals surface area contributed by atoms with Crippen LogP contribution in [0.25, 0.3) is 0 Å². The fraction of sp³-hybridized carbons (Fsp3) is 0.625. The number of hydrogen-bond acceptors (Lipinski definition) is 2. The molecule has 0 heterocycles. The van der Waals surface area contributed by atoms with E-state index in [-0.39, 0.29) is 17.7 Å². The average molecular weight is 283 g/mol. The Morgan fingerprint density at radius 3 is 2.35 bits per heavy atom. The van der Waals surface area contributed by atoms with E-state index in [1.165, 1.54) is 12.1 Å². The summed E-state index contributed by atoms with van der Waals surface area (Å²) in [5.41, 5.74) is 0.825. The molecule has 1 aromatic rings. The second-order valence-electron chi connectivity index (χ2n) is 6.02. The van der Waals surface area contributed by atoms with Crippen LogP contribution in [0.15, 0.2) is 24.3 Å². The highest BCUT2D eigenvalue weighted by atomic mass is 19.3. The van der Waals surface area contributed by atoms with E-state index in [2.05, 4.69) is 12.2 Å². The fourth-order valence-electron chi connectivity index (χ4n) is 2.78. The van der Waals surface area contributed by atoms with Crippen molar-refractivity contribution in [1.29, 1.82) is 0 Å². The lowest BCUT2D eigenvalue weighted by Crippen LogP contribution is -2.50. The van der Waals surface area contributed by atoms with Crippen molar-refractivity contribution in [3.8, 4) is 0 Å². The predicted octanol–water partition coefficient (Wildman–Crippen LogP) is 3.66. The topological polar surface area (TPSA) is 32.3 Å². The Balaban J connectivity index is 1.93. The maximum atomic E-state index is 12.5. The number of nitrogens with one attached hydrogen (secondary N) is 1. The second kappa shape index (κ2) is 6.64. The van der Waals surface area contributed by atoms with Crippen molar-refractivity contribution in [3.05, 3.63) is 35.4 Å². The minimum Gasteiger partial charge on any atom is -0.394 e. The summed E-state index contributed by atoms with van der Waals surface area (Å²) in [5, 5.41) is 13.1. The summed E-state index contributed by atoms with van der Waals surface area (Å²) in [6.45, 7) is 2.98. The highest BCUT2D eigenvalue weighted by molar-refractivity contribution is 5.23. The van der Waals surface area contributed by atoms with Gasteiger partial charge >= 0.3 is 0 Å². The summed E-state index contributed by atoms with van der Waals surface area (Å²) in [7, 11) is 0. The van der Waals surface area contributed by atoms with E-state index >= 15 is 0 Å². The molecule has 0 aliphatic heterocycles. The molecule has 0 spiro atoms. The van der Waals surface area contributed by atoms with Gasteiger partial charge in [0.05, 0.1) is 6.61 Å². The predicted molar refractivity (Wildman–Crippen MR) is 75.7 cm³/mol. The maximum Gasteiger partial charge on any atom is 0.263 e. The summed E-state index contributed by atoms with van der Waals surface area (Å²) in [6.07, 6.45) is 1.77. The van der Waals surface area contributed by atoms with E-state index in [4.69, 9.17) is 0 Å². The van der Waals surface area contributed by atoms with Crippen molar-refractivity contribution in [2.75, 3.05) is 6.61 Å². The van der Waals surface area contributed by atoms with Gasteiger partial charge in [-0.1, -0.05) is 31.2 Å². The Labute approximate surface area is 119 Å². The monoisotopic (exact) mass is 283 g/mol. The lowest BCUT2D eigenvalue weighted by Gasteiger charge is -2.39. The fourth-order valence-corrected chi connectivity index (χ4v) is 2.78. The molecule has 0 radical (unpaired) electrons. The Morgan fingerprint density at radius 2 is 1.85 bits per heavy atom. The van der Waals surface area contributed by atoms with Crippen LogP contribution in [0, 0.1) is 5.92 Å². The molecule has 2 rings (SSSR count). The molecule has 20 heavy (non-hydrogen) atoms. The number of aliphatic hydroxyl groups is 1. The van der Waals surface area contributed by atoms with Gasteiger partial charge in [-0.05, 0) is 37.2 Å². The zero-order valence-electron chi connectivity index (χ0n) is 11.9. The van der Waals surface area contributed by atoms with Crippen molar-refractivity contribution in [2.24, 2.45) is 5.92 Å². The zero-order valence-corrected chi connectivity index (χ0v) is 11.9. The molecule has 2 nitrogen and oxygen atoms in total. The number of rotatable bonds is 5. The Hall–Kier alpha value is -1.00. The summed E-state index contributed by atoms with van der Waals surface area (Å²) in [6, 6.07) is 6.39. The molecule has 0 bridgehead atoms. The number of hydrogen-bond donors (Lipinski definition) is 2. The molecule has 4 heteroatoms. The normalized spacial score (nSPS) is 26.9. The zero-order chi connectivity index (χ0) is 14.6. The van der Waals surface area contributed by atoms with Crippen molar-refractivity contribution >= 4 is 0 Å². The molecule has 0 unspecified atom stereocenters. The van der Waals surface area contributed by atoms with Gasteiger partial charge in [-0.15, -0.1) is 0 Å². The van der Waals surface area contributed by atoms with Crippen LogP contribution in [-0.4, -0.2) is 17.3 Å². The first-order valence-corrected chi connectivity index (χ1v) is 7.27. The van der Waals surface area contributed by atoms with Crippen LogP contribution in [0.1, 0.15) is 50.2 Å². The van der Waals surface area contributed by atoms with Crippen LogP contribution >= 0.6 is 0 Å². The summed E-state index contributed by atoms with van der Waals surface area (Å²) < 4.78 is 25.0. The highest BCUT2D eigenvalue weighted by Crippen LogP contribution is 2.31. The molecule has 0 saturated heterocycles. The molecule has 0 atom stereocenters. The maximum absolute atomic E-state index is 12.5. The average Bonchev–Trinajstić information content (AvgIpc) is 2.48. The van der Waals surface area contributed by atoms with Crippen molar-refractivity contribution < 1.29 is 13.9 Å². The van der Waals surface area contributed by atoms with Crippen LogP contribution in [0.5, 0.6) is 0 Å². The van der Waals surface area contributed by atoms with Crippen LogP contribution < -0.4 is 5.32 Å². The molecule has 1 fully saturated rings. The van der Waals surface area contributed by atoms with Gasteiger partial charge in [-0.25, -0.2) is 8.78 Å². The largest absolute Gasteiger partial charge is 0.394 e. The van der Waals surface area contributed by atoms with Crippen molar-refractivity contribution in [3.63, 3.8) is 0 Å². The minimum absolute atomic E-state index is 0.0529. The smallest absolute Gasteiger partial charge is 0.263 e. The van der Waals surface area contributed by atoms with Crippen LogP contribution in [-0.2, 0) is 6.54 Å². The first kappa shape index (κ1) is 15.4. The minimum atomic E-state index is -2.42. The lowest BCUT2D eigenvalue weighted by molar-refractivity contribution is 0.104. The molecule has 1 saturated carbocycles. The molecule has 0 aromatic heterocycles. The molecular weight excluding hydrogens is 260 g/mol. The molecule has 2 N–H and O–H groups in total. The third-order valence-electron chi connectivity index (χ3n) is 4.43. The molecule has 1 aromatic carbocycles. The van der Waals surface area contributed by atoms with Gasteiger partial charge in [-0.3, -0.25) is 0 Å². The van der Waals surface area contributed by atoms with Crippen LogP contribution in [0.4, 0.5) is 8.78 Å². The van der Waals surface area contributed by atoms with Gasteiger partial charge in [0.15, 0.2) is 0 Å². The van der Waals surface area contributed by atoms with E-state index in [9.17, 15) is 13.9 Å². The third kappa shape index (κ3) is 3.76. The first-order valence-electron chi connectivity index (χ1n) is 7.27. The molecule has 112 valence electrons. The lowest BCUT2D eigenvalue weighted by atomic mass is 9.77. The van der Waals surface area contributed by atoms with Gasteiger partial charge in [0.2, 0.25) is 0 Å². The summed E-state index contributed by atoms with van der Waals surface area (Å²) in [4.78, 5) is 0. The molecular formula is C16H23F2NO. The van der Waals surface area contributed by atoms with Crippen LogP contribution in [0.2, 0.25) is 0 Å². The van der Waals surface area contributed by atoms with E-state index in [0.717, 1.165) is 37.2 Å². The Kier molecular flexibility index (Phi) is 5.11.